The number of imidazole rings is 1. The summed E-state index contributed by atoms with van der Waals surface area (Å²) in [6.45, 7) is 0. The first-order chi connectivity index (χ1) is 14.6. The molecule has 0 atom stereocenters. The molecule has 4 aromatic rings. The number of hydrogen-bond acceptors (Lipinski definition) is 6. The number of carbonyl (C=O) groups is 2. The Hall–Kier alpha value is -4.14. The van der Waals surface area contributed by atoms with Crippen LogP contribution in [0.5, 0.6) is 11.6 Å². The number of amides is 2. The Bertz CT molecular complexity index is 1230. The molecule has 150 valence electrons. The minimum Gasteiger partial charge on any atom is -0.459 e. The Morgan fingerprint density at radius 2 is 2.00 bits per heavy atom. The summed E-state index contributed by atoms with van der Waals surface area (Å²) in [7, 11) is 0. The van der Waals surface area contributed by atoms with E-state index in [4.69, 9.17) is 9.15 Å². The highest BCUT2D eigenvalue weighted by molar-refractivity contribution is 6.02. The topological polar surface area (TPSA) is 111 Å². The van der Waals surface area contributed by atoms with E-state index in [0.29, 0.717) is 28.8 Å². The molecule has 0 saturated heterocycles. The van der Waals surface area contributed by atoms with E-state index < -0.39 is 0 Å². The molecular weight excluding hydrogens is 386 g/mol. The van der Waals surface area contributed by atoms with Crippen LogP contribution in [0.1, 0.15) is 23.4 Å². The van der Waals surface area contributed by atoms with Crippen LogP contribution in [0.2, 0.25) is 0 Å². The number of hydrogen-bond donors (Lipinski definition) is 2. The Morgan fingerprint density at radius 3 is 2.80 bits per heavy atom. The van der Waals surface area contributed by atoms with E-state index in [1.54, 1.807) is 59.2 Å². The van der Waals surface area contributed by atoms with Gasteiger partial charge in [-0.1, -0.05) is 6.07 Å². The molecule has 9 nitrogen and oxygen atoms in total. The highest BCUT2D eigenvalue weighted by Crippen LogP contribution is 2.30. The minimum atomic E-state index is -0.351. The van der Waals surface area contributed by atoms with Gasteiger partial charge in [0.1, 0.15) is 5.75 Å². The molecule has 3 heterocycles. The van der Waals surface area contributed by atoms with Gasteiger partial charge in [-0.3, -0.25) is 9.59 Å². The number of anilines is 2. The van der Waals surface area contributed by atoms with Gasteiger partial charge in [-0.05, 0) is 43.2 Å². The number of carbonyl (C=O) groups excluding carboxylic acids is 2. The first-order valence-electron chi connectivity index (χ1n) is 9.44. The van der Waals surface area contributed by atoms with Crippen molar-refractivity contribution in [3.05, 3.63) is 66.8 Å². The summed E-state index contributed by atoms with van der Waals surface area (Å²) >= 11 is 0. The second-order valence-electron chi connectivity index (χ2n) is 6.93. The van der Waals surface area contributed by atoms with Gasteiger partial charge in [0.05, 0.1) is 12.5 Å². The maximum atomic E-state index is 12.1. The number of ether oxygens (including phenoxy) is 1. The zero-order valence-corrected chi connectivity index (χ0v) is 15.7. The van der Waals surface area contributed by atoms with E-state index in [9.17, 15) is 9.59 Å². The van der Waals surface area contributed by atoms with Gasteiger partial charge in [-0.25, -0.2) is 9.50 Å². The fourth-order valence-corrected chi connectivity index (χ4v) is 2.91. The third kappa shape index (κ3) is 3.86. The van der Waals surface area contributed by atoms with Crippen molar-refractivity contribution in [2.24, 2.45) is 5.92 Å². The fraction of sp³-hybridized carbons (Fsp3) is 0.143. The molecule has 1 fully saturated rings. The maximum Gasteiger partial charge on any atom is 0.291 e. The first kappa shape index (κ1) is 17.9. The van der Waals surface area contributed by atoms with Crippen LogP contribution in [0.25, 0.3) is 5.65 Å². The van der Waals surface area contributed by atoms with Crippen LogP contribution in [-0.2, 0) is 4.79 Å². The number of benzene rings is 1. The van der Waals surface area contributed by atoms with E-state index in [1.165, 1.54) is 6.26 Å². The average Bonchev–Trinajstić information content (AvgIpc) is 3.29. The maximum absolute atomic E-state index is 12.1. The molecule has 0 bridgehead atoms. The van der Waals surface area contributed by atoms with Crippen LogP contribution in [0.3, 0.4) is 0 Å². The molecule has 30 heavy (non-hydrogen) atoms. The monoisotopic (exact) mass is 403 g/mol. The lowest BCUT2D eigenvalue weighted by atomic mass is 10.3. The van der Waals surface area contributed by atoms with Crippen molar-refractivity contribution >= 4 is 29.0 Å². The number of fused-ring (bicyclic) bond motifs is 1. The molecule has 2 amide bonds. The van der Waals surface area contributed by atoms with Crippen molar-refractivity contribution in [1.29, 1.82) is 0 Å². The molecule has 0 aliphatic heterocycles. The summed E-state index contributed by atoms with van der Waals surface area (Å²) in [4.78, 5) is 28.4. The molecule has 0 spiro atoms. The van der Waals surface area contributed by atoms with Gasteiger partial charge in [-0.15, -0.1) is 5.10 Å². The summed E-state index contributed by atoms with van der Waals surface area (Å²) in [6, 6.07) is 13.6. The third-order valence-electron chi connectivity index (χ3n) is 4.55. The lowest BCUT2D eigenvalue weighted by Gasteiger charge is -2.08. The Kier molecular flexibility index (Phi) is 4.40. The normalized spacial score (nSPS) is 13.2. The predicted octanol–water partition coefficient (Wildman–Crippen LogP) is 3.72. The van der Waals surface area contributed by atoms with Crippen LogP contribution >= 0.6 is 0 Å². The zero-order chi connectivity index (χ0) is 20.5. The van der Waals surface area contributed by atoms with Gasteiger partial charge in [0.25, 0.3) is 5.91 Å². The highest BCUT2D eigenvalue weighted by atomic mass is 16.5. The number of aromatic nitrogens is 3. The standard InChI is InChI=1S/C21H17N5O4/c27-20(13-6-7-13)24-17-12-26-18(23-17)8-9-19(25-26)30-15-4-1-3-14(11-15)22-21(28)16-5-2-10-29-16/h1-5,8-13H,6-7H2,(H,22,28)(H,24,27). The minimum absolute atomic E-state index is 0.0108. The van der Waals surface area contributed by atoms with Gasteiger partial charge in [0.15, 0.2) is 17.2 Å². The van der Waals surface area contributed by atoms with Gasteiger partial charge in [0, 0.05) is 23.7 Å². The predicted molar refractivity (Wildman–Crippen MR) is 108 cm³/mol. The van der Waals surface area contributed by atoms with Crippen LogP contribution in [-0.4, -0.2) is 26.4 Å². The van der Waals surface area contributed by atoms with Gasteiger partial charge in [0.2, 0.25) is 11.8 Å². The van der Waals surface area contributed by atoms with Crippen molar-refractivity contribution in [1.82, 2.24) is 14.6 Å². The largest absolute Gasteiger partial charge is 0.459 e. The van der Waals surface area contributed by atoms with Gasteiger partial charge in [-0.2, -0.15) is 0 Å². The molecule has 9 heteroatoms. The van der Waals surface area contributed by atoms with E-state index in [0.717, 1.165) is 12.8 Å². The first-order valence-corrected chi connectivity index (χ1v) is 9.44. The number of nitrogens with one attached hydrogen (secondary N) is 2. The molecule has 0 radical (unpaired) electrons. The van der Waals surface area contributed by atoms with Crippen LogP contribution in [0, 0.1) is 5.92 Å². The summed E-state index contributed by atoms with van der Waals surface area (Å²) < 4.78 is 12.4. The van der Waals surface area contributed by atoms with Crippen molar-refractivity contribution in [2.75, 3.05) is 10.6 Å². The van der Waals surface area contributed by atoms with Crippen LogP contribution < -0.4 is 15.4 Å². The second-order valence-corrected chi connectivity index (χ2v) is 6.93. The van der Waals surface area contributed by atoms with E-state index >= 15 is 0 Å². The SMILES string of the molecule is O=C(Nc1cccc(Oc2ccc3nc(NC(=O)C4CC4)cn3n2)c1)c1ccco1. The average molecular weight is 403 g/mol. The van der Waals surface area contributed by atoms with E-state index in [2.05, 4.69) is 20.7 Å². The highest BCUT2D eigenvalue weighted by Gasteiger charge is 2.30. The molecule has 1 aliphatic rings. The van der Waals surface area contributed by atoms with Crippen LogP contribution in [0.4, 0.5) is 11.5 Å². The smallest absolute Gasteiger partial charge is 0.291 e. The fourth-order valence-electron chi connectivity index (χ4n) is 2.91. The zero-order valence-electron chi connectivity index (χ0n) is 15.7. The van der Waals surface area contributed by atoms with E-state index in [-0.39, 0.29) is 23.5 Å². The third-order valence-corrected chi connectivity index (χ3v) is 4.55. The second kappa shape index (κ2) is 7.36. The number of rotatable bonds is 6. The molecule has 1 saturated carbocycles. The van der Waals surface area contributed by atoms with Crippen molar-refractivity contribution < 1.29 is 18.7 Å². The van der Waals surface area contributed by atoms with Crippen molar-refractivity contribution in [3.8, 4) is 11.6 Å². The molecule has 3 aromatic heterocycles. The summed E-state index contributed by atoms with van der Waals surface area (Å²) in [5, 5.41) is 9.92. The lowest BCUT2D eigenvalue weighted by Crippen LogP contribution is -2.13. The Morgan fingerprint density at radius 1 is 1.10 bits per heavy atom. The van der Waals surface area contributed by atoms with Gasteiger partial charge >= 0.3 is 0 Å². The summed E-state index contributed by atoms with van der Waals surface area (Å²) in [5.74, 6) is 1.26. The number of furan rings is 1. The molecule has 1 aliphatic carbocycles. The Labute approximate surface area is 170 Å². The van der Waals surface area contributed by atoms with E-state index in [1.807, 2.05) is 0 Å². The molecule has 0 unspecified atom stereocenters. The summed E-state index contributed by atoms with van der Waals surface area (Å²) in [5.41, 5.74) is 1.15. The molecular formula is C21H17N5O4. The number of nitrogens with zero attached hydrogens (tertiary/aromatic N) is 3. The summed E-state index contributed by atoms with van der Waals surface area (Å²) in [6.07, 6.45) is 4.94. The van der Waals surface area contributed by atoms with Crippen molar-refractivity contribution in [2.45, 2.75) is 12.8 Å². The molecule has 5 rings (SSSR count). The van der Waals surface area contributed by atoms with Crippen LogP contribution in [0.15, 0.2) is 65.4 Å². The quantitative estimate of drug-likeness (QED) is 0.508. The molecule has 2 N–H and O–H groups in total. The lowest BCUT2D eigenvalue weighted by molar-refractivity contribution is -0.117. The molecule has 1 aromatic carbocycles. The van der Waals surface area contributed by atoms with Crippen molar-refractivity contribution in [3.63, 3.8) is 0 Å². The Balaban J connectivity index is 1.30. The van der Waals surface area contributed by atoms with Gasteiger partial charge < -0.3 is 19.8 Å².